The van der Waals surface area contributed by atoms with Gasteiger partial charge in [0.25, 0.3) is 5.91 Å². The lowest BCUT2D eigenvalue weighted by molar-refractivity contribution is 0.0969. The zero-order valence-corrected chi connectivity index (χ0v) is 17.9. The topological polar surface area (TPSA) is 97.2 Å². The number of hydrazine groups is 1. The Labute approximate surface area is 177 Å². The Bertz CT molecular complexity index is 893. The SMILES string of the molecule is CC(C)(C)CNN(C(=O)c1ccc(CN2CCNCC2)cc1)c1ccnc(C#N)n1. The molecule has 1 saturated heterocycles. The Morgan fingerprint density at radius 2 is 1.93 bits per heavy atom. The fraction of sp³-hybridized carbons (Fsp3) is 0.455. The molecule has 1 amide bonds. The minimum absolute atomic E-state index is 0.0224. The van der Waals surface area contributed by atoms with Gasteiger partial charge in [0.15, 0.2) is 5.82 Å². The maximum Gasteiger partial charge on any atom is 0.274 e. The van der Waals surface area contributed by atoms with Gasteiger partial charge in [-0.2, -0.15) is 10.2 Å². The summed E-state index contributed by atoms with van der Waals surface area (Å²) in [5, 5.41) is 13.9. The normalized spacial score (nSPS) is 14.9. The van der Waals surface area contributed by atoms with E-state index in [1.165, 1.54) is 16.8 Å². The Morgan fingerprint density at radius 1 is 1.23 bits per heavy atom. The summed E-state index contributed by atoms with van der Waals surface area (Å²) >= 11 is 0. The molecule has 0 saturated carbocycles. The molecule has 3 rings (SSSR count). The highest BCUT2D eigenvalue weighted by Crippen LogP contribution is 2.17. The summed E-state index contributed by atoms with van der Waals surface area (Å²) in [4.78, 5) is 23.8. The van der Waals surface area contributed by atoms with Crippen molar-refractivity contribution in [2.45, 2.75) is 27.3 Å². The van der Waals surface area contributed by atoms with E-state index < -0.39 is 0 Å². The number of nitrogens with zero attached hydrogens (tertiary/aromatic N) is 5. The first-order valence-electron chi connectivity index (χ1n) is 10.2. The van der Waals surface area contributed by atoms with Gasteiger partial charge in [-0.25, -0.2) is 15.4 Å². The number of rotatable bonds is 6. The second-order valence-electron chi connectivity index (χ2n) is 8.61. The average Bonchev–Trinajstić information content (AvgIpc) is 2.74. The quantitative estimate of drug-likeness (QED) is 0.707. The fourth-order valence-corrected chi connectivity index (χ4v) is 3.11. The molecule has 1 fully saturated rings. The molecule has 2 heterocycles. The van der Waals surface area contributed by atoms with E-state index in [4.69, 9.17) is 5.26 Å². The van der Waals surface area contributed by atoms with Crippen LogP contribution in [0.1, 0.15) is 42.5 Å². The van der Waals surface area contributed by atoms with Crippen LogP contribution in [0.4, 0.5) is 5.82 Å². The number of nitrogens with one attached hydrogen (secondary N) is 2. The molecule has 1 aromatic carbocycles. The molecule has 1 aliphatic rings. The molecular formula is C22H29N7O. The summed E-state index contributed by atoms with van der Waals surface area (Å²) in [6.45, 7) is 11.7. The number of benzene rings is 1. The van der Waals surface area contributed by atoms with Crippen LogP contribution in [0.2, 0.25) is 0 Å². The first-order chi connectivity index (χ1) is 14.4. The Balaban J connectivity index is 1.78. The largest absolute Gasteiger partial charge is 0.314 e. The predicted octanol–water partition coefficient (Wildman–Crippen LogP) is 1.95. The van der Waals surface area contributed by atoms with E-state index in [0.29, 0.717) is 17.9 Å². The molecule has 0 radical (unpaired) electrons. The number of hydrogen-bond acceptors (Lipinski definition) is 7. The second kappa shape index (κ2) is 9.76. The Morgan fingerprint density at radius 3 is 2.57 bits per heavy atom. The van der Waals surface area contributed by atoms with Crippen molar-refractivity contribution in [3.63, 3.8) is 0 Å². The monoisotopic (exact) mass is 407 g/mol. The van der Waals surface area contributed by atoms with Gasteiger partial charge >= 0.3 is 0 Å². The highest BCUT2D eigenvalue weighted by atomic mass is 16.2. The summed E-state index contributed by atoms with van der Waals surface area (Å²) in [6.07, 6.45) is 1.48. The smallest absolute Gasteiger partial charge is 0.274 e. The number of amides is 1. The third-order valence-corrected chi connectivity index (χ3v) is 4.76. The summed E-state index contributed by atoms with van der Waals surface area (Å²) in [7, 11) is 0. The summed E-state index contributed by atoms with van der Waals surface area (Å²) in [5.41, 5.74) is 4.86. The standard InChI is InChI=1S/C22H29N7O/c1-22(2,3)16-26-29(20-8-9-25-19(14-23)27-20)21(30)18-6-4-17(5-7-18)15-28-12-10-24-11-13-28/h4-9,24,26H,10-13,15-16H2,1-3H3. The summed E-state index contributed by atoms with van der Waals surface area (Å²) in [5.74, 6) is 0.144. The minimum Gasteiger partial charge on any atom is -0.314 e. The van der Waals surface area contributed by atoms with Gasteiger partial charge in [-0.15, -0.1) is 0 Å². The van der Waals surface area contributed by atoms with Crippen molar-refractivity contribution in [3.8, 4) is 6.07 Å². The van der Waals surface area contributed by atoms with Gasteiger partial charge < -0.3 is 5.32 Å². The number of hydrogen-bond donors (Lipinski definition) is 2. The third kappa shape index (κ3) is 6.07. The molecule has 30 heavy (non-hydrogen) atoms. The minimum atomic E-state index is -0.226. The number of carbonyl (C=O) groups is 1. The Hall–Kier alpha value is -2.86. The van der Waals surface area contributed by atoms with Crippen molar-refractivity contribution in [1.82, 2.24) is 25.6 Å². The molecular weight excluding hydrogens is 378 g/mol. The van der Waals surface area contributed by atoms with E-state index in [1.54, 1.807) is 6.07 Å². The van der Waals surface area contributed by atoms with Crippen molar-refractivity contribution >= 4 is 11.7 Å². The van der Waals surface area contributed by atoms with E-state index in [0.717, 1.165) is 32.7 Å². The molecule has 1 aliphatic heterocycles. The number of aromatic nitrogens is 2. The van der Waals surface area contributed by atoms with Crippen molar-refractivity contribution < 1.29 is 4.79 Å². The summed E-state index contributed by atoms with van der Waals surface area (Å²) < 4.78 is 0. The average molecular weight is 408 g/mol. The van der Waals surface area contributed by atoms with Crippen molar-refractivity contribution in [1.29, 1.82) is 5.26 Å². The molecule has 0 bridgehead atoms. The maximum absolute atomic E-state index is 13.3. The lowest BCUT2D eigenvalue weighted by atomic mass is 9.97. The first-order valence-corrected chi connectivity index (χ1v) is 10.2. The van der Waals surface area contributed by atoms with Gasteiger partial charge in [0.05, 0.1) is 0 Å². The molecule has 2 aromatic rings. The second-order valence-corrected chi connectivity index (χ2v) is 8.61. The van der Waals surface area contributed by atoms with Crippen LogP contribution in [-0.2, 0) is 6.54 Å². The molecule has 2 N–H and O–H groups in total. The first kappa shape index (κ1) is 21.8. The van der Waals surface area contributed by atoms with Crippen LogP contribution in [0.25, 0.3) is 0 Å². The highest BCUT2D eigenvalue weighted by Gasteiger charge is 2.22. The lowest BCUT2D eigenvalue weighted by Gasteiger charge is -2.28. The van der Waals surface area contributed by atoms with Crippen molar-refractivity contribution in [3.05, 3.63) is 53.5 Å². The molecule has 0 spiro atoms. The van der Waals surface area contributed by atoms with Crippen molar-refractivity contribution in [2.75, 3.05) is 37.7 Å². The number of nitriles is 1. The zero-order chi connectivity index (χ0) is 21.6. The van der Waals surface area contributed by atoms with Crippen LogP contribution < -0.4 is 15.8 Å². The maximum atomic E-state index is 13.3. The molecule has 8 heteroatoms. The van der Waals surface area contributed by atoms with Gasteiger partial charge in [0, 0.05) is 57.1 Å². The molecule has 0 aliphatic carbocycles. The molecule has 8 nitrogen and oxygen atoms in total. The van der Waals surface area contributed by atoms with E-state index in [2.05, 4.69) is 46.4 Å². The fourth-order valence-electron chi connectivity index (χ4n) is 3.11. The van der Waals surface area contributed by atoms with Gasteiger partial charge in [-0.1, -0.05) is 32.9 Å². The van der Waals surface area contributed by atoms with Crippen LogP contribution in [0.5, 0.6) is 0 Å². The zero-order valence-electron chi connectivity index (χ0n) is 17.9. The van der Waals surface area contributed by atoms with Crippen molar-refractivity contribution in [2.24, 2.45) is 5.41 Å². The van der Waals surface area contributed by atoms with Crippen LogP contribution in [0.15, 0.2) is 36.5 Å². The molecule has 1 aromatic heterocycles. The number of piperazine rings is 1. The van der Waals surface area contributed by atoms with Gasteiger partial charge in [-0.05, 0) is 23.1 Å². The summed E-state index contributed by atoms with van der Waals surface area (Å²) in [6, 6.07) is 11.2. The Kier molecular flexibility index (Phi) is 7.11. The van der Waals surface area contributed by atoms with E-state index in [9.17, 15) is 4.79 Å². The van der Waals surface area contributed by atoms with Gasteiger partial charge in [0.2, 0.25) is 5.82 Å². The number of anilines is 1. The number of carbonyl (C=O) groups excluding carboxylic acids is 1. The van der Waals surface area contributed by atoms with Crippen LogP contribution in [-0.4, -0.2) is 53.5 Å². The predicted molar refractivity (Wildman–Crippen MR) is 116 cm³/mol. The van der Waals surface area contributed by atoms with Crippen LogP contribution in [0.3, 0.4) is 0 Å². The van der Waals surface area contributed by atoms with E-state index in [1.807, 2.05) is 30.3 Å². The lowest BCUT2D eigenvalue weighted by Crippen LogP contribution is -2.47. The van der Waals surface area contributed by atoms with E-state index >= 15 is 0 Å². The molecule has 0 atom stereocenters. The van der Waals surface area contributed by atoms with Crippen LogP contribution in [0, 0.1) is 16.7 Å². The third-order valence-electron chi connectivity index (χ3n) is 4.76. The van der Waals surface area contributed by atoms with Gasteiger partial charge in [-0.3, -0.25) is 9.69 Å². The van der Waals surface area contributed by atoms with E-state index in [-0.39, 0.29) is 17.1 Å². The molecule has 158 valence electrons. The molecule has 0 unspecified atom stereocenters. The van der Waals surface area contributed by atoms with Gasteiger partial charge in [0.1, 0.15) is 6.07 Å². The van der Waals surface area contributed by atoms with Crippen LogP contribution >= 0.6 is 0 Å². The highest BCUT2D eigenvalue weighted by molar-refractivity contribution is 6.04.